The fourth-order valence-electron chi connectivity index (χ4n) is 1.32. The summed E-state index contributed by atoms with van der Waals surface area (Å²) in [6.07, 6.45) is 0. The average Bonchev–Trinajstić information content (AvgIpc) is 2.36. The van der Waals surface area contributed by atoms with E-state index in [2.05, 4.69) is 26.0 Å². The Kier molecular flexibility index (Phi) is 6.11. The number of methoxy groups -OCH3 is 1. The fourth-order valence-corrected chi connectivity index (χ4v) is 1.83. The van der Waals surface area contributed by atoms with Gasteiger partial charge in [-0.2, -0.15) is 0 Å². The van der Waals surface area contributed by atoms with Gasteiger partial charge in [0.15, 0.2) is 6.04 Å². The van der Waals surface area contributed by atoms with Gasteiger partial charge in [0, 0.05) is 11.4 Å². The lowest BCUT2D eigenvalue weighted by Gasteiger charge is -2.16. The molecule has 1 unspecified atom stereocenters. The molecule has 0 aliphatic heterocycles. The lowest BCUT2D eigenvalue weighted by molar-refractivity contribution is -0.145. The monoisotopic (exact) mass is 349 g/mol. The van der Waals surface area contributed by atoms with E-state index in [4.69, 9.17) is 16.3 Å². The van der Waals surface area contributed by atoms with E-state index in [-0.39, 0.29) is 12.5 Å². The predicted molar refractivity (Wildman–Crippen MR) is 74.3 cm³/mol. The van der Waals surface area contributed by atoms with Crippen molar-refractivity contribution in [3.63, 3.8) is 0 Å². The van der Waals surface area contributed by atoms with Crippen LogP contribution in [0.1, 0.15) is 6.92 Å². The molecule has 1 amide bonds. The van der Waals surface area contributed by atoms with E-state index in [1.807, 2.05) is 0 Å². The number of rotatable bonds is 5. The molecule has 0 heterocycles. The Hall–Kier alpha value is -1.27. The summed E-state index contributed by atoms with van der Waals surface area (Å²) in [6.45, 7) is 1.24. The molecule has 0 radical (unpaired) electrons. The first kappa shape index (κ1) is 15.8. The smallest absolute Gasteiger partial charge is 0.331 e. The summed E-state index contributed by atoms with van der Waals surface area (Å²) in [4.78, 5) is 22.5. The number of hydrogen-bond acceptors (Lipinski definition) is 4. The van der Waals surface area contributed by atoms with E-state index >= 15 is 0 Å². The topological polar surface area (TPSA) is 64.6 Å². The zero-order valence-corrected chi connectivity index (χ0v) is 12.7. The number of ether oxygens (including phenoxy) is 2. The summed E-state index contributed by atoms with van der Waals surface area (Å²) in [5, 5.41) is 2.85. The Bertz CT molecular complexity index is 481. The second-order valence-electron chi connectivity index (χ2n) is 3.66. The molecule has 0 spiro atoms. The molecular formula is C12H13BrClNO4. The minimum atomic E-state index is -0.877. The standard InChI is InChI=1S/C12H13BrClNO4/c1-7(16)15-10(12(17)18-2)6-19-11-5-8(13)3-4-9(11)14/h3-5,10H,6H2,1-2H3,(H,15,16). The SMILES string of the molecule is COC(=O)C(COc1cc(Br)ccc1Cl)NC(C)=O. The van der Waals surface area contributed by atoms with Crippen LogP contribution in [0.15, 0.2) is 22.7 Å². The summed E-state index contributed by atoms with van der Waals surface area (Å²) >= 11 is 9.24. The molecule has 0 aliphatic carbocycles. The van der Waals surface area contributed by atoms with Gasteiger partial charge in [0.25, 0.3) is 0 Å². The van der Waals surface area contributed by atoms with Crippen LogP contribution in [-0.2, 0) is 14.3 Å². The van der Waals surface area contributed by atoms with Crippen molar-refractivity contribution in [1.82, 2.24) is 5.32 Å². The average molecular weight is 351 g/mol. The highest BCUT2D eigenvalue weighted by Gasteiger charge is 2.21. The first-order valence-electron chi connectivity index (χ1n) is 5.37. The van der Waals surface area contributed by atoms with E-state index in [0.717, 1.165) is 4.47 Å². The van der Waals surface area contributed by atoms with Crippen LogP contribution in [0.2, 0.25) is 5.02 Å². The summed E-state index contributed by atoms with van der Waals surface area (Å²) in [5.41, 5.74) is 0. The molecule has 0 saturated carbocycles. The zero-order valence-electron chi connectivity index (χ0n) is 10.4. The van der Waals surface area contributed by atoms with Gasteiger partial charge in [0.2, 0.25) is 5.91 Å². The third-order valence-electron chi connectivity index (χ3n) is 2.16. The van der Waals surface area contributed by atoms with Crippen LogP contribution >= 0.6 is 27.5 Å². The minimum absolute atomic E-state index is 0.0670. The van der Waals surface area contributed by atoms with Crippen LogP contribution in [0.25, 0.3) is 0 Å². The molecule has 1 aromatic rings. The summed E-state index contributed by atoms with van der Waals surface area (Å²) in [7, 11) is 1.24. The molecule has 1 rings (SSSR count). The molecule has 104 valence electrons. The molecular weight excluding hydrogens is 337 g/mol. The van der Waals surface area contributed by atoms with Crippen molar-refractivity contribution < 1.29 is 19.1 Å². The van der Waals surface area contributed by atoms with E-state index in [1.54, 1.807) is 18.2 Å². The molecule has 1 N–H and O–H groups in total. The Morgan fingerprint density at radius 3 is 2.74 bits per heavy atom. The van der Waals surface area contributed by atoms with Gasteiger partial charge in [-0.15, -0.1) is 0 Å². The van der Waals surface area contributed by atoms with Gasteiger partial charge in [-0.3, -0.25) is 4.79 Å². The molecule has 0 fully saturated rings. The highest BCUT2D eigenvalue weighted by molar-refractivity contribution is 9.10. The van der Waals surface area contributed by atoms with Crippen molar-refractivity contribution in [3.05, 3.63) is 27.7 Å². The van der Waals surface area contributed by atoms with Gasteiger partial charge in [-0.25, -0.2) is 4.79 Å². The Morgan fingerprint density at radius 1 is 1.47 bits per heavy atom. The summed E-state index contributed by atoms with van der Waals surface area (Å²) in [6, 6.07) is 4.22. The first-order valence-corrected chi connectivity index (χ1v) is 6.54. The molecule has 0 aliphatic rings. The third kappa shape index (κ3) is 5.08. The van der Waals surface area contributed by atoms with Crippen LogP contribution in [0.5, 0.6) is 5.75 Å². The van der Waals surface area contributed by atoms with Crippen LogP contribution in [0.4, 0.5) is 0 Å². The lowest BCUT2D eigenvalue weighted by Crippen LogP contribution is -2.44. The predicted octanol–water partition coefficient (Wildman–Crippen LogP) is 2.16. The Morgan fingerprint density at radius 2 is 2.16 bits per heavy atom. The quantitative estimate of drug-likeness (QED) is 0.827. The maximum absolute atomic E-state index is 11.5. The summed E-state index contributed by atoms with van der Waals surface area (Å²) in [5.74, 6) is -0.518. The van der Waals surface area contributed by atoms with E-state index in [9.17, 15) is 9.59 Å². The van der Waals surface area contributed by atoms with Gasteiger partial charge in [-0.1, -0.05) is 27.5 Å². The highest BCUT2D eigenvalue weighted by Crippen LogP contribution is 2.27. The second kappa shape index (κ2) is 7.35. The number of amides is 1. The fraction of sp³-hybridized carbons (Fsp3) is 0.333. The van der Waals surface area contributed by atoms with E-state index in [1.165, 1.54) is 14.0 Å². The van der Waals surface area contributed by atoms with Gasteiger partial charge in [0.1, 0.15) is 12.4 Å². The van der Waals surface area contributed by atoms with E-state index in [0.29, 0.717) is 10.8 Å². The van der Waals surface area contributed by atoms with Crippen molar-refractivity contribution >= 4 is 39.4 Å². The third-order valence-corrected chi connectivity index (χ3v) is 2.97. The molecule has 1 aromatic carbocycles. The molecule has 0 bridgehead atoms. The number of hydrogen-bond donors (Lipinski definition) is 1. The second-order valence-corrected chi connectivity index (χ2v) is 4.98. The maximum atomic E-state index is 11.5. The van der Waals surface area contributed by atoms with Crippen molar-refractivity contribution in [1.29, 1.82) is 0 Å². The van der Waals surface area contributed by atoms with Crippen LogP contribution in [-0.4, -0.2) is 31.6 Å². The number of carbonyl (C=O) groups is 2. The summed E-state index contributed by atoms with van der Waals surface area (Å²) < 4.78 is 10.8. The normalized spacial score (nSPS) is 11.6. The van der Waals surface area contributed by atoms with Crippen molar-refractivity contribution in [2.24, 2.45) is 0 Å². The van der Waals surface area contributed by atoms with Gasteiger partial charge >= 0.3 is 5.97 Å². The van der Waals surface area contributed by atoms with Crippen molar-refractivity contribution in [2.75, 3.05) is 13.7 Å². The molecule has 1 atom stereocenters. The van der Waals surface area contributed by atoms with Crippen molar-refractivity contribution in [3.8, 4) is 5.75 Å². The lowest BCUT2D eigenvalue weighted by atomic mass is 10.3. The number of esters is 1. The highest BCUT2D eigenvalue weighted by atomic mass is 79.9. The van der Waals surface area contributed by atoms with Gasteiger partial charge in [-0.05, 0) is 18.2 Å². The van der Waals surface area contributed by atoms with Crippen LogP contribution in [0, 0.1) is 0 Å². The van der Waals surface area contributed by atoms with Gasteiger partial charge in [0.05, 0.1) is 12.1 Å². The molecule has 5 nitrogen and oxygen atoms in total. The van der Waals surface area contributed by atoms with E-state index < -0.39 is 12.0 Å². The zero-order chi connectivity index (χ0) is 14.4. The number of carbonyl (C=O) groups excluding carboxylic acids is 2. The Balaban J connectivity index is 2.72. The van der Waals surface area contributed by atoms with Crippen molar-refractivity contribution in [2.45, 2.75) is 13.0 Å². The minimum Gasteiger partial charge on any atom is -0.489 e. The molecule has 0 saturated heterocycles. The van der Waals surface area contributed by atoms with Crippen LogP contribution in [0.3, 0.4) is 0 Å². The molecule has 19 heavy (non-hydrogen) atoms. The van der Waals surface area contributed by atoms with Gasteiger partial charge < -0.3 is 14.8 Å². The number of halogens is 2. The van der Waals surface area contributed by atoms with Crippen LogP contribution < -0.4 is 10.1 Å². The number of benzene rings is 1. The maximum Gasteiger partial charge on any atom is 0.331 e. The number of nitrogens with one attached hydrogen (secondary N) is 1. The largest absolute Gasteiger partial charge is 0.489 e. The first-order chi connectivity index (χ1) is 8.93. The molecule has 7 heteroatoms. The Labute approximate surface area is 124 Å². The molecule has 0 aromatic heterocycles.